The van der Waals surface area contributed by atoms with Crippen LogP contribution in [-0.4, -0.2) is 41.8 Å². The summed E-state index contributed by atoms with van der Waals surface area (Å²) < 4.78 is 6.67. The summed E-state index contributed by atoms with van der Waals surface area (Å²) in [5.41, 5.74) is 0.837. The van der Waals surface area contributed by atoms with Crippen LogP contribution in [0.15, 0.2) is 28.7 Å². The van der Waals surface area contributed by atoms with E-state index in [0.29, 0.717) is 6.54 Å². The van der Waals surface area contributed by atoms with Crippen LogP contribution in [0, 0.1) is 0 Å². The fourth-order valence-electron chi connectivity index (χ4n) is 2.33. The molecule has 1 aromatic carbocycles. The van der Waals surface area contributed by atoms with Gasteiger partial charge in [-0.2, -0.15) is 0 Å². The molecule has 1 saturated heterocycles. The number of benzene rings is 1. The molecule has 2 rings (SSSR count). The van der Waals surface area contributed by atoms with Crippen LogP contribution in [0.3, 0.4) is 0 Å². The number of aliphatic hydroxyl groups is 1. The van der Waals surface area contributed by atoms with Gasteiger partial charge in [-0.1, -0.05) is 28.1 Å². The highest BCUT2D eigenvalue weighted by molar-refractivity contribution is 9.10. The molecular formula is C14H20BrNO2. The largest absolute Gasteiger partial charge is 0.387 e. The van der Waals surface area contributed by atoms with Crippen molar-refractivity contribution in [3.8, 4) is 0 Å². The predicted molar refractivity (Wildman–Crippen MR) is 75.6 cm³/mol. The third-order valence-corrected chi connectivity index (χ3v) is 3.66. The van der Waals surface area contributed by atoms with Crippen molar-refractivity contribution in [3.63, 3.8) is 0 Å². The Bertz CT molecular complexity index is 409. The van der Waals surface area contributed by atoms with Gasteiger partial charge in [0.05, 0.1) is 18.3 Å². The van der Waals surface area contributed by atoms with Gasteiger partial charge in [0.2, 0.25) is 0 Å². The molecule has 1 aliphatic rings. The van der Waals surface area contributed by atoms with Crippen molar-refractivity contribution in [2.45, 2.75) is 25.6 Å². The molecule has 4 heteroatoms. The van der Waals surface area contributed by atoms with Crippen LogP contribution in [0.2, 0.25) is 0 Å². The number of rotatable bonds is 3. The molecule has 1 fully saturated rings. The fourth-order valence-corrected chi connectivity index (χ4v) is 2.75. The maximum Gasteiger partial charge on any atom is 0.0917 e. The lowest BCUT2D eigenvalue weighted by atomic mass is 10.1. The van der Waals surface area contributed by atoms with Crippen LogP contribution >= 0.6 is 15.9 Å². The van der Waals surface area contributed by atoms with Gasteiger partial charge in [-0.3, -0.25) is 4.90 Å². The second kappa shape index (κ2) is 5.70. The molecular weight excluding hydrogens is 294 g/mol. The number of aliphatic hydroxyl groups excluding tert-OH is 1. The summed E-state index contributed by atoms with van der Waals surface area (Å²) in [6, 6.07) is 7.84. The Balaban J connectivity index is 1.97. The van der Waals surface area contributed by atoms with Crippen molar-refractivity contribution in [2.75, 3.05) is 26.2 Å². The molecule has 18 heavy (non-hydrogen) atoms. The lowest BCUT2D eigenvalue weighted by molar-refractivity contribution is -0.0932. The minimum atomic E-state index is -0.448. The van der Waals surface area contributed by atoms with Crippen molar-refractivity contribution >= 4 is 15.9 Å². The summed E-state index contributed by atoms with van der Waals surface area (Å²) in [7, 11) is 0. The SMILES string of the molecule is CC1(C)CN(CC(O)c2cccc(Br)c2)CCO1. The monoisotopic (exact) mass is 313 g/mol. The first kappa shape index (κ1) is 14.0. The van der Waals surface area contributed by atoms with Gasteiger partial charge in [-0.25, -0.2) is 0 Å². The zero-order valence-electron chi connectivity index (χ0n) is 10.9. The Morgan fingerprint density at radius 3 is 2.94 bits per heavy atom. The van der Waals surface area contributed by atoms with Gasteiger partial charge >= 0.3 is 0 Å². The van der Waals surface area contributed by atoms with Crippen LogP contribution in [0.5, 0.6) is 0 Å². The van der Waals surface area contributed by atoms with Gasteiger partial charge in [0.1, 0.15) is 0 Å². The third-order valence-electron chi connectivity index (χ3n) is 3.17. The molecule has 1 aromatic rings. The minimum absolute atomic E-state index is 0.116. The average molecular weight is 314 g/mol. The first-order valence-corrected chi connectivity index (χ1v) is 7.05. The minimum Gasteiger partial charge on any atom is -0.387 e. The van der Waals surface area contributed by atoms with Crippen molar-refractivity contribution in [2.24, 2.45) is 0 Å². The topological polar surface area (TPSA) is 32.7 Å². The van der Waals surface area contributed by atoms with E-state index in [1.54, 1.807) is 0 Å². The second-order valence-electron chi connectivity index (χ2n) is 5.41. The molecule has 1 aliphatic heterocycles. The number of morpholine rings is 1. The van der Waals surface area contributed by atoms with E-state index in [1.807, 2.05) is 24.3 Å². The highest BCUT2D eigenvalue weighted by Gasteiger charge is 2.28. The molecule has 0 aliphatic carbocycles. The molecule has 1 heterocycles. The highest BCUT2D eigenvalue weighted by Crippen LogP contribution is 2.22. The van der Waals surface area contributed by atoms with Gasteiger partial charge in [0.25, 0.3) is 0 Å². The molecule has 3 nitrogen and oxygen atoms in total. The second-order valence-corrected chi connectivity index (χ2v) is 6.33. The van der Waals surface area contributed by atoms with E-state index in [-0.39, 0.29) is 5.60 Å². The molecule has 0 amide bonds. The summed E-state index contributed by atoms with van der Waals surface area (Å²) >= 11 is 3.43. The van der Waals surface area contributed by atoms with Crippen molar-refractivity contribution in [1.29, 1.82) is 0 Å². The van der Waals surface area contributed by atoms with E-state index in [1.165, 1.54) is 0 Å². The molecule has 0 spiro atoms. The molecule has 1 atom stereocenters. The number of hydrogen-bond donors (Lipinski definition) is 1. The quantitative estimate of drug-likeness (QED) is 0.931. The fraction of sp³-hybridized carbons (Fsp3) is 0.571. The van der Waals surface area contributed by atoms with Gasteiger partial charge in [0, 0.05) is 24.1 Å². The van der Waals surface area contributed by atoms with Crippen molar-refractivity contribution < 1.29 is 9.84 Å². The third kappa shape index (κ3) is 3.79. The van der Waals surface area contributed by atoms with Crippen molar-refractivity contribution in [1.82, 2.24) is 4.90 Å². The number of β-amino-alcohol motifs (C(OH)–C–C–N with tert-alkyl or cyclic N) is 1. The van der Waals surface area contributed by atoms with Gasteiger partial charge < -0.3 is 9.84 Å². The highest BCUT2D eigenvalue weighted by atomic mass is 79.9. The van der Waals surface area contributed by atoms with E-state index in [2.05, 4.69) is 34.7 Å². The molecule has 1 unspecified atom stereocenters. The standard InChI is InChI=1S/C14H20BrNO2/c1-14(2)10-16(6-7-18-14)9-13(17)11-4-3-5-12(15)8-11/h3-5,8,13,17H,6-7,9-10H2,1-2H3. The van der Waals surface area contributed by atoms with Crippen LogP contribution in [0.25, 0.3) is 0 Å². The number of halogens is 1. The maximum absolute atomic E-state index is 10.3. The maximum atomic E-state index is 10.3. The molecule has 0 saturated carbocycles. The van der Waals surface area contributed by atoms with E-state index in [0.717, 1.165) is 29.7 Å². The van der Waals surface area contributed by atoms with Gasteiger partial charge in [0.15, 0.2) is 0 Å². The summed E-state index contributed by atoms with van der Waals surface area (Å²) in [4.78, 5) is 2.26. The Labute approximate surface area is 117 Å². The van der Waals surface area contributed by atoms with E-state index >= 15 is 0 Å². The summed E-state index contributed by atoms with van der Waals surface area (Å²) in [5.74, 6) is 0. The lowest BCUT2D eigenvalue weighted by Gasteiger charge is -2.38. The summed E-state index contributed by atoms with van der Waals surface area (Å²) in [6.07, 6.45) is -0.448. The molecule has 0 aromatic heterocycles. The molecule has 1 N–H and O–H groups in total. The first-order chi connectivity index (χ1) is 8.46. The Morgan fingerprint density at radius 2 is 2.28 bits per heavy atom. The van der Waals surface area contributed by atoms with Gasteiger partial charge in [-0.15, -0.1) is 0 Å². The smallest absolute Gasteiger partial charge is 0.0917 e. The van der Waals surface area contributed by atoms with Gasteiger partial charge in [-0.05, 0) is 31.5 Å². The van der Waals surface area contributed by atoms with Crippen LogP contribution in [0.4, 0.5) is 0 Å². The van der Waals surface area contributed by atoms with Crippen LogP contribution in [0.1, 0.15) is 25.5 Å². The molecule has 0 radical (unpaired) electrons. The summed E-state index contributed by atoms with van der Waals surface area (Å²) in [5, 5.41) is 10.3. The normalized spacial score (nSPS) is 21.8. The Morgan fingerprint density at radius 1 is 1.50 bits per heavy atom. The zero-order chi connectivity index (χ0) is 13.2. The van der Waals surface area contributed by atoms with Crippen LogP contribution < -0.4 is 0 Å². The van der Waals surface area contributed by atoms with Crippen LogP contribution in [-0.2, 0) is 4.74 Å². The average Bonchev–Trinajstić information content (AvgIpc) is 2.27. The first-order valence-electron chi connectivity index (χ1n) is 6.26. The lowest BCUT2D eigenvalue weighted by Crippen LogP contribution is -2.49. The van der Waals surface area contributed by atoms with E-state index in [4.69, 9.17) is 4.74 Å². The predicted octanol–water partition coefficient (Wildman–Crippen LogP) is 2.59. The Kier molecular flexibility index (Phi) is 4.43. The zero-order valence-corrected chi connectivity index (χ0v) is 12.5. The number of hydrogen-bond acceptors (Lipinski definition) is 3. The number of ether oxygens (including phenoxy) is 1. The summed E-state index contributed by atoms with van der Waals surface area (Å²) in [6.45, 7) is 7.31. The Hall–Kier alpha value is -0.420. The molecule has 100 valence electrons. The molecule has 0 bridgehead atoms. The number of nitrogens with zero attached hydrogens (tertiary/aromatic N) is 1. The van der Waals surface area contributed by atoms with E-state index in [9.17, 15) is 5.11 Å². The van der Waals surface area contributed by atoms with Crippen molar-refractivity contribution in [3.05, 3.63) is 34.3 Å². The van der Waals surface area contributed by atoms with E-state index < -0.39 is 6.10 Å².